The van der Waals surface area contributed by atoms with E-state index < -0.39 is 0 Å². The van der Waals surface area contributed by atoms with Crippen LogP contribution in [0.4, 0.5) is 4.39 Å². The summed E-state index contributed by atoms with van der Waals surface area (Å²) in [6.45, 7) is 5.50. The minimum Gasteiger partial charge on any atom is -0.490 e. The van der Waals surface area contributed by atoms with Gasteiger partial charge in [0.1, 0.15) is 0 Å². The van der Waals surface area contributed by atoms with Crippen LogP contribution >= 0.6 is 12.4 Å². The van der Waals surface area contributed by atoms with Crippen LogP contribution in [-0.4, -0.2) is 43.7 Å². The Labute approximate surface area is 143 Å². The number of carbonyl (C=O) groups excluding carboxylic acids is 1. The van der Waals surface area contributed by atoms with Gasteiger partial charge in [0, 0.05) is 6.54 Å². The Kier molecular flexibility index (Phi) is 8.95. The summed E-state index contributed by atoms with van der Waals surface area (Å²) in [5.41, 5.74) is 0. The van der Waals surface area contributed by atoms with E-state index in [1.165, 1.54) is 6.07 Å². The van der Waals surface area contributed by atoms with Crippen LogP contribution in [0, 0.1) is 11.7 Å². The molecule has 0 atom stereocenters. The zero-order chi connectivity index (χ0) is 15.8. The average molecular weight is 346 g/mol. The molecule has 1 aromatic carbocycles. The van der Waals surface area contributed by atoms with Crippen LogP contribution in [0.5, 0.6) is 5.75 Å². The number of benzene rings is 1. The molecule has 1 fully saturated rings. The molecule has 6 heteroatoms. The molecule has 2 rings (SSSR count). The fourth-order valence-corrected chi connectivity index (χ4v) is 2.68. The third kappa shape index (κ3) is 6.36. The molecule has 1 aliphatic heterocycles. The van der Waals surface area contributed by atoms with Crippen LogP contribution < -0.4 is 4.74 Å². The number of nitrogens with zero attached hydrogens (tertiary/aromatic N) is 1. The highest BCUT2D eigenvalue weighted by Crippen LogP contribution is 2.19. The second-order valence-electron chi connectivity index (χ2n) is 5.50. The zero-order valence-electron chi connectivity index (χ0n) is 13.5. The largest absolute Gasteiger partial charge is 0.490 e. The minimum absolute atomic E-state index is 0. The molecule has 0 unspecified atom stereocenters. The van der Waals surface area contributed by atoms with Gasteiger partial charge in [0.25, 0.3) is 0 Å². The summed E-state index contributed by atoms with van der Waals surface area (Å²) in [5, 5.41) is 0. The van der Waals surface area contributed by atoms with E-state index in [-0.39, 0.29) is 30.1 Å². The summed E-state index contributed by atoms with van der Waals surface area (Å²) in [6.07, 6.45) is 2.55. The Morgan fingerprint density at radius 1 is 1.30 bits per heavy atom. The van der Waals surface area contributed by atoms with Crippen molar-refractivity contribution in [3.05, 3.63) is 30.1 Å². The van der Waals surface area contributed by atoms with Gasteiger partial charge in [-0.25, -0.2) is 4.39 Å². The van der Waals surface area contributed by atoms with E-state index in [1.807, 2.05) is 6.92 Å². The minimum atomic E-state index is -0.322. The molecule has 130 valence electrons. The second-order valence-corrected chi connectivity index (χ2v) is 5.50. The first-order valence-electron chi connectivity index (χ1n) is 7.97. The molecule has 23 heavy (non-hydrogen) atoms. The first-order chi connectivity index (χ1) is 10.7. The van der Waals surface area contributed by atoms with Crippen LogP contribution in [0.25, 0.3) is 0 Å². The standard InChI is InChI=1S/C17H24FNO3.ClH/c1-2-21-17(20)14-8-11-19(12-9-14)10-5-13-22-16-7-4-3-6-15(16)18;/h3-4,6-7,14H,2,5,8-13H2,1H3;1H. The maximum atomic E-state index is 13.4. The smallest absolute Gasteiger partial charge is 0.309 e. The second kappa shape index (κ2) is 10.4. The summed E-state index contributed by atoms with van der Waals surface area (Å²) in [5.74, 6) is -0.0304. The Bertz CT molecular complexity index is 479. The molecule has 1 aliphatic rings. The van der Waals surface area contributed by atoms with Gasteiger partial charge in [-0.1, -0.05) is 12.1 Å². The van der Waals surface area contributed by atoms with Gasteiger partial charge in [-0.2, -0.15) is 0 Å². The van der Waals surface area contributed by atoms with Gasteiger partial charge in [-0.15, -0.1) is 12.4 Å². The molecule has 1 aromatic rings. The number of hydrogen-bond acceptors (Lipinski definition) is 4. The van der Waals surface area contributed by atoms with Crippen molar-refractivity contribution in [2.45, 2.75) is 26.2 Å². The maximum absolute atomic E-state index is 13.4. The van der Waals surface area contributed by atoms with Gasteiger partial charge in [-0.3, -0.25) is 4.79 Å². The van der Waals surface area contributed by atoms with Crippen molar-refractivity contribution in [3.63, 3.8) is 0 Å². The number of para-hydroxylation sites is 1. The Morgan fingerprint density at radius 2 is 2.00 bits per heavy atom. The molecule has 0 radical (unpaired) electrons. The first kappa shape index (κ1) is 19.7. The van der Waals surface area contributed by atoms with Crippen molar-refractivity contribution in [1.29, 1.82) is 0 Å². The van der Waals surface area contributed by atoms with E-state index in [9.17, 15) is 9.18 Å². The lowest BCUT2D eigenvalue weighted by Gasteiger charge is -2.30. The lowest BCUT2D eigenvalue weighted by atomic mass is 9.97. The third-order valence-corrected chi connectivity index (χ3v) is 3.92. The number of rotatable bonds is 7. The van der Waals surface area contributed by atoms with Gasteiger partial charge in [-0.05, 0) is 51.4 Å². The van der Waals surface area contributed by atoms with Crippen LogP contribution in [0.3, 0.4) is 0 Å². The molecule has 1 saturated heterocycles. The number of carbonyl (C=O) groups is 1. The number of ether oxygens (including phenoxy) is 2. The molecular formula is C17H25ClFNO3. The molecule has 1 heterocycles. The van der Waals surface area contributed by atoms with Gasteiger partial charge >= 0.3 is 5.97 Å². The average Bonchev–Trinajstić information content (AvgIpc) is 2.54. The van der Waals surface area contributed by atoms with Crippen LogP contribution in [0.2, 0.25) is 0 Å². The monoisotopic (exact) mass is 345 g/mol. The van der Waals surface area contributed by atoms with Gasteiger partial charge < -0.3 is 14.4 Å². The number of halogens is 2. The Balaban J connectivity index is 0.00000264. The third-order valence-electron chi connectivity index (χ3n) is 3.92. The van der Waals surface area contributed by atoms with Crippen molar-refractivity contribution in [2.75, 3.05) is 32.8 Å². The number of hydrogen-bond donors (Lipinski definition) is 0. The van der Waals surface area contributed by atoms with Gasteiger partial charge in [0.15, 0.2) is 11.6 Å². The van der Waals surface area contributed by atoms with Crippen molar-refractivity contribution >= 4 is 18.4 Å². The fourth-order valence-electron chi connectivity index (χ4n) is 2.68. The SMILES string of the molecule is CCOC(=O)C1CCN(CCCOc2ccccc2F)CC1.Cl. The summed E-state index contributed by atoms with van der Waals surface area (Å²) >= 11 is 0. The molecule has 0 amide bonds. The van der Waals surface area contributed by atoms with E-state index in [0.29, 0.717) is 19.0 Å². The number of likely N-dealkylation sites (tertiary alicyclic amines) is 1. The van der Waals surface area contributed by atoms with E-state index >= 15 is 0 Å². The molecule has 0 spiro atoms. The quantitative estimate of drug-likeness (QED) is 0.561. The van der Waals surface area contributed by atoms with E-state index in [2.05, 4.69) is 4.90 Å². The predicted octanol–water partition coefficient (Wildman–Crippen LogP) is 3.29. The Morgan fingerprint density at radius 3 is 2.65 bits per heavy atom. The zero-order valence-corrected chi connectivity index (χ0v) is 14.3. The fraction of sp³-hybridized carbons (Fsp3) is 0.588. The molecule has 0 saturated carbocycles. The normalized spacial score (nSPS) is 15.7. The topological polar surface area (TPSA) is 38.8 Å². The van der Waals surface area contributed by atoms with Crippen molar-refractivity contribution in [1.82, 2.24) is 4.90 Å². The van der Waals surface area contributed by atoms with E-state index in [4.69, 9.17) is 9.47 Å². The summed E-state index contributed by atoms with van der Waals surface area (Å²) < 4.78 is 23.9. The van der Waals surface area contributed by atoms with Crippen LogP contribution in [-0.2, 0) is 9.53 Å². The summed E-state index contributed by atoms with van der Waals surface area (Å²) in [4.78, 5) is 14.0. The van der Waals surface area contributed by atoms with Crippen molar-refractivity contribution in [3.8, 4) is 5.75 Å². The molecule has 0 bridgehead atoms. The lowest BCUT2D eigenvalue weighted by molar-refractivity contribution is -0.149. The van der Waals surface area contributed by atoms with E-state index in [0.717, 1.165) is 38.9 Å². The highest BCUT2D eigenvalue weighted by molar-refractivity contribution is 5.85. The number of esters is 1. The lowest BCUT2D eigenvalue weighted by Crippen LogP contribution is -2.37. The first-order valence-corrected chi connectivity index (χ1v) is 7.97. The molecule has 0 aliphatic carbocycles. The van der Waals surface area contributed by atoms with Crippen LogP contribution in [0.15, 0.2) is 24.3 Å². The highest BCUT2D eigenvalue weighted by atomic mass is 35.5. The molecule has 0 N–H and O–H groups in total. The maximum Gasteiger partial charge on any atom is 0.309 e. The molecular weight excluding hydrogens is 321 g/mol. The van der Waals surface area contributed by atoms with Crippen molar-refractivity contribution < 1.29 is 18.7 Å². The predicted molar refractivity (Wildman–Crippen MR) is 89.6 cm³/mol. The number of piperidine rings is 1. The van der Waals surface area contributed by atoms with Gasteiger partial charge in [0.2, 0.25) is 0 Å². The van der Waals surface area contributed by atoms with Crippen molar-refractivity contribution in [2.24, 2.45) is 5.92 Å². The molecule has 0 aromatic heterocycles. The Hall–Kier alpha value is -1.33. The van der Waals surface area contributed by atoms with Gasteiger partial charge in [0.05, 0.1) is 19.1 Å². The van der Waals surface area contributed by atoms with E-state index in [1.54, 1.807) is 18.2 Å². The molecule has 4 nitrogen and oxygen atoms in total. The van der Waals surface area contributed by atoms with Crippen LogP contribution in [0.1, 0.15) is 26.2 Å². The summed E-state index contributed by atoms with van der Waals surface area (Å²) in [7, 11) is 0. The highest BCUT2D eigenvalue weighted by Gasteiger charge is 2.25. The summed E-state index contributed by atoms with van der Waals surface area (Å²) in [6, 6.07) is 6.45.